The molecule has 1 aliphatic rings. The highest BCUT2D eigenvalue weighted by Gasteiger charge is 2.36. The van der Waals surface area contributed by atoms with Crippen LogP contribution in [0.5, 0.6) is 5.75 Å². The van der Waals surface area contributed by atoms with Crippen molar-refractivity contribution in [3.05, 3.63) is 54.1 Å². The number of para-hydroxylation sites is 1. The highest BCUT2D eigenvalue weighted by atomic mass is 16.5. The van der Waals surface area contributed by atoms with Gasteiger partial charge in [0, 0.05) is 38.5 Å². The molecule has 0 saturated carbocycles. The number of hydrogen-bond acceptors (Lipinski definition) is 3. The van der Waals surface area contributed by atoms with E-state index in [1.54, 1.807) is 16.9 Å². The molecular weight excluding hydrogens is 364 g/mol. The SMILES string of the molecule is COc1ccccc1-c1ccccc1C[C@@H]1C(=O)N(C)CCN1C(=O)CC(C)C. The number of carbonyl (C=O) groups is 2. The van der Waals surface area contributed by atoms with Crippen LogP contribution in [0.3, 0.4) is 0 Å². The van der Waals surface area contributed by atoms with Crippen LogP contribution >= 0.6 is 0 Å². The third-order valence-electron chi connectivity index (χ3n) is 5.44. The van der Waals surface area contributed by atoms with Crippen LogP contribution in [0.1, 0.15) is 25.8 Å². The molecule has 3 rings (SSSR count). The number of hydrogen-bond donors (Lipinski definition) is 0. The summed E-state index contributed by atoms with van der Waals surface area (Å²) >= 11 is 0. The summed E-state index contributed by atoms with van der Waals surface area (Å²) in [6.45, 7) is 5.21. The molecule has 29 heavy (non-hydrogen) atoms. The maximum Gasteiger partial charge on any atom is 0.245 e. The number of likely N-dealkylation sites (N-methyl/N-ethyl adjacent to an activating group) is 1. The lowest BCUT2D eigenvalue weighted by molar-refractivity contribution is -0.150. The molecule has 1 fully saturated rings. The standard InChI is InChI=1S/C24H30N2O3/c1-17(2)15-23(27)26-14-13-25(3)24(28)21(26)16-18-9-5-6-10-19(18)20-11-7-8-12-22(20)29-4/h5-12,17,21H,13-16H2,1-4H3/t21-/m1/s1. The summed E-state index contributed by atoms with van der Waals surface area (Å²) in [5, 5.41) is 0. The summed E-state index contributed by atoms with van der Waals surface area (Å²) in [4.78, 5) is 29.4. The molecule has 0 bridgehead atoms. The Morgan fingerprint density at radius 2 is 1.72 bits per heavy atom. The van der Waals surface area contributed by atoms with Gasteiger partial charge in [-0.05, 0) is 23.1 Å². The minimum absolute atomic E-state index is 0.00295. The number of piperazine rings is 1. The van der Waals surface area contributed by atoms with Crippen molar-refractivity contribution >= 4 is 11.8 Å². The second-order valence-corrected chi connectivity index (χ2v) is 8.02. The van der Waals surface area contributed by atoms with Gasteiger partial charge in [-0.25, -0.2) is 0 Å². The quantitative estimate of drug-likeness (QED) is 0.752. The lowest BCUT2D eigenvalue weighted by Crippen LogP contribution is -2.58. The number of ether oxygens (including phenoxy) is 1. The van der Waals surface area contributed by atoms with Crippen molar-refractivity contribution in [3.8, 4) is 16.9 Å². The number of nitrogens with zero attached hydrogens (tertiary/aromatic N) is 2. The number of benzene rings is 2. The van der Waals surface area contributed by atoms with Gasteiger partial charge in [0.15, 0.2) is 0 Å². The zero-order valence-corrected chi connectivity index (χ0v) is 17.7. The highest BCUT2D eigenvalue weighted by molar-refractivity contribution is 5.89. The summed E-state index contributed by atoms with van der Waals surface area (Å²) in [6, 6.07) is 15.4. The van der Waals surface area contributed by atoms with E-state index in [4.69, 9.17) is 4.74 Å². The van der Waals surface area contributed by atoms with E-state index in [9.17, 15) is 9.59 Å². The lowest BCUT2D eigenvalue weighted by Gasteiger charge is -2.40. The van der Waals surface area contributed by atoms with Gasteiger partial charge >= 0.3 is 0 Å². The second kappa shape index (κ2) is 9.12. The van der Waals surface area contributed by atoms with Gasteiger partial charge in [-0.3, -0.25) is 9.59 Å². The van der Waals surface area contributed by atoms with Gasteiger partial charge in [-0.1, -0.05) is 56.3 Å². The summed E-state index contributed by atoms with van der Waals surface area (Å²) in [7, 11) is 3.47. The Bertz CT molecular complexity index is 878. The third kappa shape index (κ3) is 4.61. The average molecular weight is 395 g/mol. The molecule has 2 amide bonds. The number of amides is 2. The Morgan fingerprint density at radius 1 is 1.07 bits per heavy atom. The number of carbonyl (C=O) groups excluding carboxylic acids is 2. The van der Waals surface area contributed by atoms with Gasteiger partial charge in [0.1, 0.15) is 11.8 Å². The molecule has 0 aliphatic carbocycles. The van der Waals surface area contributed by atoms with Crippen molar-refractivity contribution in [2.75, 3.05) is 27.2 Å². The van der Waals surface area contributed by atoms with E-state index in [0.29, 0.717) is 25.9 Å². The first-order valence-corrected chi connectivity index (χ1v) is 10.2. The van der Waals surface area contributed by atoms with Crippen molar-refractivity contribution < 1.29 is 14.3 Å². The normalized spacial score (nSPS) is 17.0. The topological polar surface area (TPSA) is 49.9 Å². The van der Waals surface area contributed by atoms with Crippen molar-refractivity contribution in [1.82, 2.24) is 9.80 Å². The monoisotopic (exact) mass is 394 g/mol. The summed E-state index contributed by atoms with van der Waals surface area (Å²) in [5.74, 6) is 1.11. The third-order valence-corrected chi connectivity index (χ3v) is 5.44. The van der Waals surface area contributed by atoms with Crippen molar-refractivity contribution in [3.63, 3.8) is 0 Å². The van der Waals surface area contributed by atoms with E-state index in [-0.39, 0.29) is 17.7 Å². The maximum absolute atomic E-state index is 13.0. The largest absolute Gasteiger partial charge is 0.496 e. The number of rotatable bonds is 6. The van der Waals surface area contributed by atoms with Gasteiger partial charge in [0.25, 0.3) is 0 Å². The van der Waals surface area contributed by atoms with Crippen molar-refractivity contribution in [2.45, 2.75) is 32.7 Å². The predicted molar refractivity (Wildman–Crippen MR) is 115 cm³/mol. The van der Waals surface area contributed by atoms with Crippen LogP contribution in [0.2, 0.25) is 0 Å². The van der Waals surface area contributed by atoms with Crippen LogP contribution in [0.25, 0.3) is 11.1 Å². The molecule has 154 valence electrons. The first kappa shape index (κ1) is 20.9. The van der Waals surface area contributed by atoms with Gasteiger partial charge < -0.3 is 14.5 Å². The lowest BCUT2D eigenvalue weighted by atomic mass is 9.92. The average Bonchev–Trinajstić information content (AvgIpc) is 2.71. The van der Waals surface area contributed by atoms with Crippen LogP contribution in [0, 0.1) is 5.92 Å². The van der Waals surface area contributed by atoms with Crippen molar-refractivity contribution in [1.29, 1.82) is 0 Å². The Labute approximate surface area is 173 Å². The Balaban J connectivity index is 1.96. The van der Waals surface area contributed by atoms with E-state index < -0.39 is 6.04 Å². The van der Waals surface area contributed by atoms with Crippen LogP contribution in [0.15, 0.2) is 48.5 Å². The fourth-order valence-electron chi connectivity index (χ4n) is 3.91. The molecule has 1 aliphatic heterocycles. The molecule has 0 spiro atoms. The molecule has 0 N–H and O–H groups in total. The Morgan fingerprint density at radius 3 is 2.41 bits per heavy atom. The van der Waals surface area contributed by atoms with E-state index in [2.05, 4.69) is 0 Å². The predicted octanol–water partition coefficient (Wildman–Crippen LogP) is 3.62. The smallest absolute Gasteiger partial charge is 0.245 e. The van der Waals surface area contributed by atoms with Gasteiger partial charge in [-0.2, -0.15) is 0 Å². The summed E-state index contributed by atoms with van der Waals surface area (Å²) in [6.07, 6.45) is 0.947. The van der Waals surface area contributed by atoms with Crippen LogP contribution in [0.4, 0.5) is 0 Å². The highest BCUT2D eigenvalue weighted by Crippen LogP contribution is 2.33. The molecule has 0 unspecified atom stereocenters. The molecule has 0 aromatic heterocycles. The molecule has 1 heterocycles. The van der Waals surface area contributed by atoms with Crippen LogP contribution in [-0.2, 0) is 16.0 Å². The first-order valence-electron chi connectivity index (χ1n) is 10.2. The fourth-order valence-corrected chi connectivity index (χ4v) is 3.91. The van der Waals surface area contributed by atoms with Gasteiger partial charge in [-0.15, -0.1) is 0 Å². The minimum atomic E-state index is -0.476. The van der Waals surface area contributed by atoms with Gasteiger partial charge in [0.2, 0.25) is 11.8 Å². The van der Waals surface area contributed by atoms with E-state index >= 15 is 0 Å². The summed E-state index contributed by atoms with van der Waals surface area (Å²) < 4.78 is 5.55. The molecule has 2 aromatic carbocycles. The second-order valence-electron chi connectivity index (χ2n) is 8.02. The molecule has 5 nitrogen and oxygen atoms in total. The van der Waals surface area contributed by atoms with E-state index in [1.807, 2.05) is 69.4 Å². The summed E-state index contributed by atoms with van der Waals surface area (Å²) in [5.41, 5.74) is 3.05. The fraction of sp³-hybridized carbons (Fsp3) is 0.417. The Hall–Kier alpha value is -2.82. The van der Waals surface area contributed by atoms with E-state index in [0.717, 1.165) is 22.4 Å². The van der Waals surface area contributed by atoms with Crippen molar-refractivity contribution in [2.24, 2.45) is 5.92 Å². The Kier molecular flexibility index (Phi) is 6.57. The zero-order chi connectivity index (χ0) is 21.0. The molecule has 0 radical (unpaired) electrons. The molecule has 2 aromatic rings. The van der Waals surface area contributed by atoms with Gasteiger partial charge in [0.05, 0.1) is 7.11 Å². The molecular formula is C24H30N2O3. The first-order chi connectivity index (χ1) is 13.9. The van der Waals surface area contributed by atoms with Crippen LogP contribution < -0.4 is 4.74 Å². The molecule has 5 heteroatoms. The zero-order valence-electron chi connectivity index (χ0n) is 17.7. The van der Waals surface area contributed by atoms with Crippen LogP contribution in [-0.4, -0.2) is 54.9 Å². The van der Waals surface area contributed by atoms with E-state index in [1.165, 1.54) is 0 Å². The molecule has 1 saturated heterocycles. The maximum atomic E-state index is 13.0. The molecule has 1 atom stereocenters. The minimum Gasteiger partial charge on any atom is -0.496 e. The number of methoxy groups -OCH3 is 1.